The topological polar surface area (TPSA) is 86.6 Å². The van der Waals surface area contributed by atoms with Crippen LogP contribution in [0.4, 0.5) is 0 Å². The number of hydrogen-bond donors (Lipinski definition) is 3. The first kappa shape index (κ1) is 16.9. The van der Waals surface area contributed by atoms with Crippen molar-refractivity contribution in [3.63, 3.8) is 0 Å². The number of rotatable bonds is 2. The summed E-state index contributed by atoms with van der Waals surface area (Å²) in [6.07, 6.45) is 2.23. The van der Waals surface area contributed by atoms with Crippen molar-refractivity contribution in [2.24, 2.45) is 0 Å². The molecular formula is C20H19NO4. The zero-order valence-electron chi connectivity index (χ0n) is 13.8. The molecule has 0 radical (unpaired) electrons. The Morgan fingerprint density at radius 1 is 1.00 bits per heavy atom. The average molecular weight is 337 g/mol. The van der Waals surface area contributed by atoms with Crippen LogP contribution in [0.1, 0.15) is 35.2 Å². The first-order chi connectivity index (χ1) is 11.9. The highest BCUT2D eigenvalue weighted by Gasteiger charge is 2.45. The van der Waals surface area contributed by atoms with Gasteiger partial charge >= 0.3 is 11.9 Å². The Kier molecular flexibility index (Phi) is 4.42. The monoisotopic (exact) mass is 337 g/mol. The lowest BCUT2D eigenvalue weighted by Gasteiger charge is -2.34. The standard InChI is InChI=1S/C16H15N.C4H4O4/c1-16-13-8-4-2-6-11(13)10-15(17-16)12-7-3-5-9-14(12)16;5-3(6)1-2-4(7)8/h2-9,15,17H,10H2,1H3;1-2H,(H,5,6)(H,7,8)/b;2-1-/t15?,16-;/m1./s1. The van der Waals surface area contributed by atoms with E-state index in [4.69, 9.17) is 10.2 Å². The summed E-state index contributed by atoms with van der Waals surface area (Å²) in [5, 5.41) is 19.4. The summed E-state index contributed by atoms with van der Waals surface area (Å²) in [6.45, 7) is 2.31. The van der Waals surface area contributed by atoms with Gasteiger partial charge in [-0.25, -0.2) is 9.59 Å². The summed E-state index contributed by atoms with van der Waals surface area (Å²) in [5.41, 5.74) is 5.88. The zero-order chi connectivity index (χ0) is 18.0. The van der Waals surface area contributed by atoms with E-state index < -0.39 is 11.9 Å². The molecule has 2 aromatic rings. The van der Waals surface area contributed by atoms with Crippen molar-refractivity contribution < 1.29 is 19.8 Å². The summed E-state index contributed by atoms with van der Waals surface area (Å²) in [4.78, 5) is 19.1. The van der Waals surface area contributed by atoms with E-state index in [1.165, 1.54) is 22.3 Å². The fourth-order valence-corrected chi connectivity index (χ4v) is 3.69. The Hall–Kier alpha value is -2.92. The van der Waals surface area contributed by atoms with E-state index in [1.54, 1.807) is 0 Å². The van der Waals surface area contributed by atoms with Gasteiger partial charge in [-0.1, -0.05) is 48.5 Å². The van der Waals surface area contributed by atoms with Gasteiger partial charge < -0.3 is 10.2 Å². The summed E-state index contributed by atoms with van der Waals surface area (Å²) in [6, 6.07) is 18.2. The summed E-state index contributed by atoms with van der Waals surface area (Å²) < 4.78 is 0. The van der Waals surface area contributed by atoms with Gasteiger partial charge in [-0.3, -0.25) is 5.32 Å². The van der Waals surface area contributed by atoms with Crippen LogP contribution in [0.5, 0.6) is 0 Å². The number of carboxylic acid groups (broad SMARTS) is 2. The minimum Gasteiger partial charge on any atom is -0.478 e. The molecule has 0 amide bonds. The van der Waals surface area contributed by atoms with Crippen LogP contribution in [0.15, 0.2) is 60.7 Å². The third-order valence-corrected chi connectivity index (χ3v) is 4.69. The highest BCUT2D eigenvalue weighted by Crippen LogP contribution is 2.47. The van der Waals surface area contributed by atoms with Crippen molar-refractivity contribution in [1.29, 1.82) is 0 Å². The first-order valence-corrected chi connectivity index (χ1v) is 8.01. The van der Waals surface area contributed by atoms with Crippen LogP contribution < -0.4 is 5.32 Å². The summed E-state index contributed by atoms with van der Waals surface area (Å²) in [5.74, 6) is -2.51. The van der Waals surface area contributed by atoms with Crippen LogP contribution in [-0.4, -0.2) is 22.2 Å². The molecule has 128 valence electrons. The van der Waals surface area contributed by atoms with Gasteiger partial charge in [0.25, 0.3) is 0 Å². The Labute approximate surface area is 145 Å². The second kappa shape index (κ2) is 6.53. The van der Waals surface area contributed by atoms with E-state index in [-0.39, 0.29) is 5.54 Å². The molecule has 2 bridgehead atoms. The molecule has 3 N–H and O–H groups in total. The van der Waals surface area contributed by atoms with Crippen molar-refractivity contribution in [3.8, 4) is 0 Å². The lowest BCUT2D eigenvalue weighted by Crippen LogP contribution is -2.41. The number of benzene rings is 2. The first-order valence-electron chi connectivity index (χ1n) is 8.01. The SMILES string of the molecule is C[C@@]12NC(Cc3ccccc31)c1ccccc12.O=C(O)/C=C\C(=O)O. The molecule has 0 saturated heterocycles. The highest BCUT2D eigenvalue weighted by atomic mass is 16.4. The lowest BCUT2D eigenvalue weighted by molar-refractivity contribution is -0.134. The number of carbonyl (C=O) groups is 2. The number of hydrogen-bond acceptors (Lipinski definition) is 3. The molecule has 4 rings (SSSR count). The Morgan fingerprint density at radius 2 is 1.56 bits per heavy atom. The van der Waals surface area contributed by atoms with Crippen LogP contribution in [-0.2, 0) is 21.5 Å². The quantitative estimate of drug-likeness (QED) is 0.734. The van der Waals surface area contributed by atoms with E-state index in [1.807, 2.05) is 0 Å². The summed E-state index contributed by atoms with van der Waals surface area (Å²) >= 11 is 0. The van der Waals surface area contributed by atoms with Gasteiger partial charge in [0.1, 0.15) is 0 Å². The van der Waals surface area contributed by atoms with Crippen LogP contribution in [0.2, 0.25) is 0 Å². The van der Waals surface area contributed by atoms with Crippen molar-refractivity contribution in [2.75, 3.05) is 0 Å². The molecule has 2 aromatic carbocycles. The normalized spacial score (nSPS) is 22.5. The summed E-state index contributed by atoms with van der Waals surface area (Å²) in [7, 11) is 0. The van der Waals surface area contributed by atoms with E-state index >= 15 is 0 Å². The van der Waals surface area contributed by atoms with Crippen LogP contribution in [0.25, 0.3) is 0 Å². The number of fused-ring (bicyclic) bond motifs is 7. The highest BCUT2D eigenvalue weighted by molar-refractivity contribution is 5.89. The van der Waals surface area contributed by atoms with Gasteiger partial charge in [0.15, 0.2) is 0 Å². The van der Waals surface area contributed by atoms with E-state index in [9.17, 15) is 9.59 Å². The number of nitrogens with one attached hydrogen (secondary N) is 1. The molecule has 0 spiro atoms. The van der Waals surface area contributed by atoms with Gasteiger partial charge in [-0.2, -0.15) is 0 Å². The Bertz CT molecular complexity index is 829. The molecule has 0 fully saturated rings. The lowest BCUT2D eigenvalue weighted by atomic mass is 9.82. The molecule has 1 unspecified atom stereocenters. The molecule has 2 heterocycles. The molecule has 2 atom stereocenters. The van der Waals surface area contributed by atoms with Crippen molar-refractivity contribution in [2.45, 2.75) is 24.9 Å². The molecule has 0 aromatic heterocycles. The van der Waals surface area contributed by atoms with E-state index in [2.05, 4.69) is 60.8 Å². The maximum atomic E-state index is 9.55. The van der Waals surface area contributed by atoms with E-state index in [0.717, 1.165) is 6.42 Å². The molecular weight excluding hydrogens is 318 g/mol. The van der Waals surface area contributed by atoms with Crippen molar-refractivity contribution in [3.05, 3.63) is 82.9 Å². The average Bonchev–Trinajstić information content (AvgIpc) is 2.83. The minimum atomic E-state index is -1.26. The van der Waals surface area contributed by atoms with Crippen molar-refractivity contribution >= 4 is 11.9 Å². The Balaban J connectivity index is 0.000000197. The van der Waals surface area contributed by atoms with Gasteiger partial charge in [-0.05, 0) is 35.6 Å². The number of carboxylic acids is 2. The molecule has 0 aliphatic carbocycles. The molecule has 25 heavy (non-hydrogen) atoms. The van der Waals surface area contributed by atoms with Gasteiger partial charge in [0.05, 0.1) is 5.54 Å². The zero-order valence-corrected chi connectivity index (χ0v) is 13.8. The maximum absolute atomic E-state index is 9.55. The predicted octanol–water partition coefficient (Wildman–Crippen LogP) is 2.86. The molecule has 0 saturated carbocycles. The van der Waals surface area contributed by atoms with Crippen molar-refractivity contribution in [1.82, 2.24) is 5.32 Å². The predicted molar refractivity (Wildman–Crippen MR) is 93.3 cm³/mol. The molecule has 5 heteroatoms. The molecule has 5 nitrogen and oxygen atoms in total. The number of aliphatic carboxylic acids is 2. The van der Waals surface area contributed by atoms with E-state index in [0.29, 0.717) is 18.2 Å². The third kappa shape index (κ3) is 3.19. The fourth-order valence-electron chi connectivity index (χ4n) is 3.69. The van der Waals surface area contributed by atoms with Gasteiger partial charge in [0, 0.05) is 18.2 Å². The van der Waals surface area contributed by atoms with Crippen LogP contribution in [0, 0.1) is 0 Å². The Morgan fingerprint density at radius 3 is 2.20 bits per heavy atom. The largest absolute Gasteiger partial charge is 0.478 e. The molecule has 2 aliphatic heterocycles. The second-order valence-corrected chi connectivity index (χ2v) is 6.28. The van der Waals surface area contributed by atoms with Gasteiger partial charge in [0.2, 0.25) is 0 Å². The van der Waals surface area contributed by atoms with Crippen LogP contribution >= 0.6 is 0 Å². The van der Waals surface area contributed by atoms with Crippen LogP contribution in [0.3, 0.4) is 0 Å². The molecule has 2 aliphatic rings. The fraction of sp³-hybridized carbons (Fsp3) is 0.200. The van der Waals surface area contributed by atoms with Gasteiger partial charge in [-0.15, -0.1) is 0 Å². The minimum absolute atomic E-state index is 0.0100. The maximum Gasteiger partial charge on any atom is 0.328 e. The second-order valence-electron chi connectivity index (χ2n) is 6.28. The smallest absolute Gasteiger partial charge is 0.328 e. The third-order valence-electron chi connectivity index (χ3n) is 4.69.